The first-order chi connectivity index (χ1) is 16.0. The van der Waals surface area contributed by atoms with Crippen LogP contribution >= 0.6 is 11.3 Å². The zero-order valence-corrected chi connectivity index (χ0v) is 18.2. The van der Waals surface area contributed by atoms with Crippen LogP contribution in [0.4, 0.5) is 11.4 Å². The maximum Gasteiger partial charge on any atom is 0.276 e. The highest BCUT2D eigenvalue weighted by atomic mass is 32.1. The summed E-state index contributed by atoms with van der Waals surface area (Å²) < 4.78 is 1.90. The lowest BCUT2D eigenvalue weighted by atomic mass is 10.0. The molecule has 1 aromatic heterocycles. The van der Waals surface area contributed by atoms with E-state index in [1.165, 1.54) is 29.5 Å². The molecule has 0 bridgehead atoms. The predicted octanol–water partition coefficient (Wildman–Crippen LogP) is 4.59. The Morgan fingerprint density at radius 1 is 0.939 bits per heavy atom. The van der Waals surface area contributed by atoms with Crippen molar-refractivity contribution in [3.05, 3.63) is 98.7 Å². The molecule has 0 saturated carbocycles. The standard InChI is InChI=1S/C24H17N5O3S/c1-28-21(17-9-7-16(8-10-17)15-5-3-2-4-6-15)14-33-24(28)27-26-22-19-13-18(29(31)32)11-12-20(19)25-23(22)30/h2-14H,1H3,(H,25,26,30)/b27-24+. The Bertz CT molecular complexity index is 1480. The minimum absolute atomic E-state index is 0.0517. The number of aromatic nitrogens is 1. The number of hydrogen-bond acceptors (Lipinski definition) is 6. The molecule has 0 atom stereocenters. The van der Waals surface area contributed by atoms with Crippen LogP contribution in [0.25, 0.3) is 22.4 Å². The molecule has 9 heteroatoms. The minimum atomic E-state index is -0.507. The smallest absolute Gasteiger partial charge is 0.276 e. The summed E-state index contributed by atoms with van der Waals surface area (Å²) in [4.78, 5) is 23.5. The fraction of sp³-hybridized carbons (Fsp3) is 0.0417. The van der Waals surface area contributed by atoms with Crippen molar-refractivity contribution in [1.82, 2.24) is 4.57 Å². The Balaban J connectivity index is 1.47. The molecule has 4 aromatic rings. The molecule has 0 unspecified atom stereocenters. The molecule has 5 rings (SSSR count). The van der Waals surface area contributed by atoms with E-state index in [1.807, 2.05) is 35.2 Å². The normalized spacial score (nSPS) is 14.4. The largest absolute Gasteiger partial charge is 0.320 e. The van der Waals surface area contributed by atoms with Gasteiger partial charge in [0.2, 0.25) is 4.80 Å². The zero-order valence-electron chi connectivity index (χ0n) is 17.4. The van der Waals surface area contributed by atoms with Crippen LogP contribution in [0.3, 0.4) is 0 Å². The van der Waals surface area contributed by atoms with E-state index >= 15 is 0 Å². The molecule has 1 aliphatic rings. The highest BCUT2D eigenvalue weighted by Gasteiger charge is 2.28. The molecule has 0 spiro atoms. The molecule has 1 amide bonds. The summed E-state index contributed by atoms with van der Waals surface area (Å²) in [6.45, 7) is 0. The van der Waals surface area contributed by atoms with Gasteiger partial charge in [0.15, 0.2) is 5.71 Å². The van der Waals surface area contributed by atoms with Gasteiger partial charge in [0.25, 0.3) is 11.6 Å². The highest BCUT2D eigenvalue weighted by molar-refractivity contribution is 7.07. The Hall–Kier alpha value is -4.37. The molecule has 3 aromatic carbocycles. The number of anilines is 1. The fourth-order valence-corrected chi connectivity index (χ4v) is 4.49. The van der Waals surface area contributed by atoms with E-state index in [4.69, 9.17) is 0 Å². The molecule has 2 heterocycles. The topological polar surface area (TPSA) is 102 Å². The molecular formula is C24H17N5O3S. The van der Waals surface area contributed by atoms with Crippen molar-refractivity contribution < 1.29 is 9.72 Å². The van der Waals surface area contributed by atoms with Gasteiger partial charge in [-0.05, 0) is 22.8 Å². The maximum atomic E-state index is 12.3. The van der Waals surface area contributed by atoms with Crippen molar-refractivity contribution in [3.8, 4) is 22.4 Å². The number of thiazole rings is 1. The second-order valence-corrected chi connectivity index (χ2v) is 8.23. The van der Waals surface area contributed by atoms with E-state index in [0.29, 0.717) is 16.1 Å². The van der Waals surface area contributed by atoms with Gasteiger partial charge in [-0.1, -0.05) is 54.6 Å². The van der Waals surface area contributed by atoms with Gasteiger partial charge in [-0.3, -0.25) is 14.9 Å². The van der Waals surface area contributed by atoms with Crippen LogP contribution in [-0.4, -0.2) is 21.1 Å². The number of hydrogen-bond donors (Lipinski definition) is 1. The third-order valence-electron chi connectivity index (χ3n) is 5.38. The molecule has 8 nitrogen and oxygen atoms in total. The van der Waals surface area contributed by atoms with Crippen LogP contribution in [0, 0.1) is 10.1 Å². The van der Waals surface area contributed by atoms with E-state index in [0.717, 1.165) is 22.4 Å². The molecule has 0 fully saturated rings. The van der Waals surface area contributed by atoms with E-state index < -0.39 is 10.8 Å². The van der Waals surface area contributed by atoms with Gasteiger partial charge in [0.1, 0.15) is 0 Å². The van der Waals surface area contributed by atoms with Crippen LogP contribution in [0.5, 0.6) is 0 Å². The molecule has 0 aliphatic carbocycles. The number of nitrogens with one attached hydrogen (secondary N) is 1. The van der Waals surface area contributed by atoms with E-state index in [-0.39, 0.29) is 11.4 Å². The lowest BCUT2D eigenvalue weighted by Crippen LogP contribution is -2.15. The van der Waals surface area contributed by atoms with Crippen molar-refractivity contribution >= 4 is 34.3 Å². The van der Waals surface area contributed by atoms with Crippen molar-refractivity contribution in [2.45, 2.75) is 0 Å². The lowest BCUT2D eigenvalue weighted by molar-refractivity contribution is -0.384. The summed E-state index contributed by atoms with van der Waals surface area (Å²) in [5.41, 5.74) is 5.07. The highest BCUT2D eigenvalue weighted by Crippen LogP contribution is 2.28. The summed E-state index contributed by atoms with van der Waals surface area (Å²) in [6, 6.07) is 22.6. The van der Waals surface area contributed by atoms with Crippen molar-refractivity contribution in [2.75, 3.05) is 5.32 Å². The molecule has 33 heavy (non-hydrogen) atoms. The number of carbonyl (C=O) groups is 1. The van der Waals surface area contributed by atoms with Gasteiger partial charge in [0, 0.05) is 30.1 Å². The number of nitro benzene ring substituents is 1. The SMILES string of the molecule is Cn1c(-c2ccc(-c3ccccc3)cc2)cs/c1=N/N=C1\C(=O)Nc2ccc([N+](=O)[O-])cc21. The quantitative estimate of drug-likeness (QED) is 0.360. The Morgan fingerprint density at radius 2 is 1.64 bits per heavy atom. The van der Waals surface area contributed by atoms with Gasteiger partial charge in [-0.15, -0.1) is 21.5 Å². The number of carbonyl (C=O) groups excluding carboxylic acids is 1. The number of fused-ring (bicyclic) bond motifs is 1. The van der Waals surface area contributed by atoms with Gasteiger partial charge in [-0.25, -0.2) is 0 Å². The van der Waals surface area contributed by atoms with E-state index in [2.05, 4.69) is 51.9 Å². The van der Waals surface area contributed by atoms with Gasteiger partial charge < -0.3 is 9.88 Å². The second-order valence-electron chi connectivity index (χ2n) is 7.40. The van der Waals surface area contributed by atoms with Gasteiger partial charge in [-0.2, -0.15) is 0 Å². The number of nitro groups is 1. The van der Waals surface area contributed by atoms with Crippen LogP contribution in [-0.2, 0) is 11.8 Å². The number of amides is 1. The van der Waals surface area contributed by atoms with Crippen molar-refractivity contribution in [3.63, 3.8) is 0 Å². The summed E-state index contributed by atoms with van der Waals surface area (Å²) in [6.07, 6.45) is 0. The average Bonchev–Trinajstić information content (AvgIpc) is 3.36. The molecular weight excluding hydrogens is 438 g/mol. The maximum absolute atomic E-state index is 12.3. The van der Waals surface area contributed by atoms with Gasteiger partial charge in [0.05, 0.1) is 16.3 Å². The van der Waals surface area contributed by atoms with Crippen LogP contribution < -0.4 is 10.1 Å². The first kappa shape index (κ1) is 20.5. The first-order valence-electron chi connectivity index (χ1n) is 10.0. The van der Waals surface area contributed by atoms with Crippen molar-refractivity contribution in [2.24, 2.45) is 17.3 Å². The Kier molecular flexibility index (Phi) is 5.15. The molecule has 162 valence electrons. The number of benzene rings is 3. The third-order valence-corrected chi connectivity index (χ3v) is 6.29. The molecule has 1 N–H and O–H groups in total. The molecule has 1 aliphatic heterocycles. The monoisotopic (exact) mass is 455 g/mol. The van der Waals surface area contributed by atoms with E-state index in [1.54, 1.807) is 0 Å². The van der Waals surface area contributed by atoms with Crippen molar-refractivity contribution in [1.29, 1.82) is 0 Å². The number of rotatable bonds is 4. The lowest BCUT2D eigenvalue weighted by Gasteiger charge is -2.05. The number of nitrogens with zero attached hydrogens (tertiary/aromatic N) is 4. The molecule has 0 radical (unpaired) electrons. The zero-order chi connectivity index (χ0) is 22.9. The fourth-order valence-electron chi connectivity index (χ4n) is 3.63. The third kappa shape index (κ3) is 3.85. The van der Waals surface area contributed by atoms with Crippen LogP contribution in [0.2, 0.25) is 0 Å². The minimum Gasteiger partial charge on any atom is -0.320 e. The Labute approximate surface area is 192 Å². The summed E-state index contributed by atoms with van der Waals surface area (Å²) in [5.74, 6) is -0.440. The van der Waals surface area contributed by atoms with Crippen LogP contribution in [0.15, 0.2) is 88.4 Å². The summed E-state index contributed by atoms with van der Waals surface area (Å²) in [5, 5.41) is 24.1. The first-order valence-corrected chi connectivity index (χ1v) is 10.9. The van der Waals surface area contributed by atoms with Gasteiger partial charge >= 0.3 is 0 Å². The van der Waals surface area contributed by atoms with Crippen LogP contribution in [0.1, 0.15) is 5.56 Å². The van der Waals surface area contributed by atoms with E-state index in [9.17, 15) is 14.9 Å². The molecule has 0 saturated heterocycles. The average molecular weight is 455 g/mol. The summed E-state index contributed by atoms with van der Waals surface area (Å²) >= 11 is 1.39. The predicted molar refractivity (Wildman–Crippen MR) is 128 cm³/mol. The Morgan fingerprint density at radius 3 is 2.36 bits per heavy atom. The number of non-ortho nitro benzene ring substituents is 1. The second kappa shape index (κ2) is 8.29. The summed E-state index contributed by atoms with van der Waals surface area (Å²) in [7, 11) is 1.88.